The number of H-pyrrole nitrogens is 1. The number of esters is 1. The zero-order valence-corrected chi connectivity index (χ0v) is 15.8. The third-order valence-electron chi connectivity index (χ3n) is 3.72. The van der Waals surface area contributed by atoms with E-state index >= 15 is 0 Å². The Morgan fingerprint density at radius 3 is 2.48 bits per heavy atom. The van der Waals surface area contributed by atoms with Crippen molar-refractivity contribution in [3.05, 3.63) is 62.9 Å². The Morgan fingerprint density at radius 1 is 1.20 bits per heavy atom. The molecule has 0 saturated carbocycles. The number of halogens is 1. The minimum Gasteiger partial charge on any atom is -0.454 e. The van der Waals surface area contributed by atoms with Gasteiger partial charge in [0, 0.05) is 21.8 Å². The maximum absolute atomic E-state index is 12.2. The van der Waals surface area contributed by atoms with Gasteiger partial charge in [-0.1, -0.05) is 34.1 Å². The van der Waals surface area contributed by atoms with Crippen LogP contribution in [0.2, 0.25) is 0 Å². The number of ether oxygens (including phenoxy) is 1. The largest absolute Gasteiger partial charge is 0.454 e. The first-order chi connectivity index (χ1) is 11.8. The number of carbonyl (C=O) groups excluding carboxylic acids is 3. The molecule has 0 unspecified atom stereocenters. The second kappa shape index (κ2) is 8.07. The third kappa shape index (κ3) is 4.54. The van der Waals surface area contributed by atoms with Gasteiger partial charge in [-0.05, 0) is 44.0 Å². The molecular formula is C19H18BrNO4. The molecule has 0 aliphatic rings. The van der Waals surface area contributed by atoms with Crippen LogP contribution >= 0.6 is 15.9 Å². The summed E-state index contributed by atoms with van der Waals surface area (Å²) in [5.41, 5.74) is 2.84. The summed E-state index contributed by atoms with van der Waals surface area (Å²) in [4.78, 5) is 38.5. The van der Waals surface area contributed by atoms with Crippen LogP contribution in [0.4, 0.5) is 0 Å². The van der Waals surface area contributed by atoms with Crippen molar-refractivity contribution < 1.29 is 19.1 Å². The number of rotatable bonds is 6. The molecule has 0 atom stereocenters. The van der Waals surface area contributed by atoms with E-state index in [9.17, 15) is 14.4 Å². The van der Waals surface area contributed by atoms with Gasteiger partial charge in [-0.3, -0.25) is 9.59 Å². The SMILES string of the molecule is CC(=O)c1c(C)[nH]c(C(=O)COC(=O)/C=C/c2ccccc2Br)c1C. The lowest BCUT2D eigenvalue weighted by Crippen LogP contribution is -2.14. The van der Waals surface area contributed by atoms with E-state index in [0.29, 0.717) is 22.5 Å². The smallest absolute Gasteiger partial charge is 0.331 e. The number of hydrogen-bond donors (Lipinski definition) is 1. The average molecular weight is 404 g/mol. The monoisotopic (exact) mass is 403 g/mol. The van der Waals surface area contributed by atoms with E-state index in [0.717, 1.165) is 10.0 Å². The van der Waals surface area contributed by atoms with Crippen LogP contribution in [-0.2, 0) is 9.53 Å². The molecule has 1 aromatic carbocycles. The summed E-state index contributed by atoms with van der Waals surface area (Å²) in [6.45, 7) is 4.48. The van der Waals surface area contributed by atoms with E-state index in [4.69, 9.17) is 4.74 Å². The van der Waals surface area contributed by atoms with Gasteiger partial charge >= 0.3 is 5.97 Å². The maximum atomic E-state index is 12.2. The number of Topliss-reactive ketones (excluding diaryl/α,β-unsaturated/α-hetero) is 2. The molecule has 1 heterocycles. The van der Waals surface area contributed by atoms with Crippen LogP contribution in [0.5, 0.6) is 0 Å². The van der Waals surface area contributed by atoms with E-state index in [1.807, 2.05) is 24.3 Å². The van der Waals surface area contributed by atoms with Gasteiger partial charge in [0.1, 0.15) is 0 Å². The van der Waals surface area contributed by atoms with E-state index in [-0.39, 0.29) is 11.6 Å². The van der Waals surface area contributed by atoms with Gasteiger partial charge in [-0.15, -0.1) is 0 Å². The molecule has 0 aliphatic heterocycles. The van der Waals surface area contributed by atoms with E-state index in [1.165, 1.54) is 13.0 Å². The lowest BCUT2D eigenvalue weighted by Gasteiger charge is -2.02. The quantitative estimate of drug-likeness (QED) is 0.448. The molecule has 25 heavy (non-hydrogen) atoms. The Bertz CT molecular complexity index is 864. The van der Waals surface area contributed by atoms with Crippen LogP contribution < -0.4 is 0 Å². The molecule has 0 amide bonds. The first-order valence-electron chi connectivity index (χ1n) is 7.64. The summed E-state index contributed by atoms with van der Waals surface area (Å²) in [5.74, 6) is -1.11. The van der Waals surface area contributed by atoms with Crippen molar-refractivity contribution in [2.45, 2.75) is 20.8 Å². The number of aromatic nitrogens is 1. The Kier molecular flexibility index (Phi) is 6.09. The van der Waals surface area contributed by atoms with Crippen molar-refractivity contribution in [1.29, 1.82) is 0 Å². The maximum Gasteiger partial charge on any atom is 0.331 e. The molecule has 0 fully saturated rings. The number of ketones is 2. The van der Waals surface area contributed by atoms with Crippen LogP contribution in [0.25, 0.3) is 6.08 Å². The molecule has 0 spiro atoms. The normalized spacial score (nSPS) is 10.9. The summed E-state index contributed by atoms with van der Waals surface area (Å²) in [7, 11) is 0. The zero-order chi connectivity index (χ0) is 18.6. The summed E-state index contributed by atoms with van der Waals surface area (Å²) in [5, 5.41) is 0. The lowest BCUT2D eigenvalue weighted by molar-refractivity contribution is -0.136. The number of aryl methyl sites for hydroxylation is 1. The predicted molar refractivity (Wildman–Crippen MR) is 98.7 cm³/mol. The van der Waals surface area contributed by atoms with E-state index < -0.39 is 12.6 Å². The van der Waals surface area contributed by atoms with Crippen LogP contribution in [0.15, 0.2) is 34.8 Å². The van der Waals surface area contributed by atoms with Crippen molar-refractivity contribution in [1.82, 2.24) is 4.98 Å². The standard InChI is InChI=1S/C19H18BrNO4/c1-11-18(13(3)22)12(2)21-19(11)16(23)10-25-17(24)9-8-14-6-4-5-7-15(14)20/h4-9,21H,10H2,1-3H3/b9-8+. The van der Waals surface area contributed by atoms with Gasteiger partial charge in [0.15, 0.2) is 12.4 Å². The zero-order valence-electron chi connectivity index (χ0n) is 14.2. The van der Waals surface area contributed by atoms with Crippen molar-refractivity contribution in [3.8, 4) is 0 Å². The van der Waals surface area contributed by atoms with Crippen molar-refractivity contribution in [2.75, 3.05) is 6.61 Å². The number of aromatic amines is 1. The van der Waals surface area contributed by atoms with Crippen molar-refractivity contribution in [3.63, 3.8) is 0 Å². The van der Waals surface area contributed by atoms with Crippen LogP contribution in [0.3, 0.4) is 0 Å². The van der Waals surface area contributed by atoms with Crippen LogP contribution in [0, 0.1) is 13.8 Å². The summed E-state index contributed by atoms with van der Waals surface area (Å²) >= 11 is 3.38. The molecular weight excluding hydrogens is 386 g/mol. The summed E-state index contributed by atoms with van der Waals surface area (Å²) < 4.78 is 5.84. The molecule has 2 rings (SSSR count). The highest BCUT2D eigenvalue weighted by molar-refractivity contribution is 9.10. The van der Waals surface area contributed by atoms with Gasteiger partial charge in [0.05, 0.1) is 5.69 Å². The van der Waals surface area contributed by atoms with Crippen molar-refractivity contribution in [2.24, 2.45) is 0 Å². The van der Waals surface area contributed by atoms with Gasteiger partial charge in [-0.2, -0.15) is 0 Å². The first-order valence-corrected chi connectivity index (χ1v) is 8.43. The predicted octanol–water partition coefficient (Wildman–Crippen LogP) is 4.04. The highest BCUT2D eigenvalue weighted by atomic mass is 79.9. The van der Waals surface area contributed by atoms with E-state index in [1.54, 1.807) is 19.9 Å². The molecule has 0 radical (unpaired) electrons. The summed E-state index contributed by atoms with van der Waals surface area (Å²) in [6, 6.07) is 7.42. The molecule has 130 valence electrons. The molecule has 2 aromatic rings. The minimum absolute atomic E-state index is 0.112. The molecule has 1 aromatic heterocycles. The molecule has 5 nitrogen and oxygen atoms in total. The number of carbonyl (C=O) groups is 3. The third-order valence-corrected chi connectivity index (χ3v) is 4.44. The Balaban J connectivity index is 2.01. The van der Waals surface area contributed by atoms with Gasteiger partial charge in [0.25, 0.3) is 0 Å². The molecule has 6 heteroatoms. The van der Waals surface area contributed by atoms with Crippen LogP contribution in [-0.4, -0.2) is 29.1 Å². The fourth-order valence-corrected chi connectivity index (χ4v) is 3.00. The second-order valence-corrected chi connectivity index (χ2v) is 6.42. The number of benzene rings is 1. The van der Waals surface area contributed by atoms with Crippen LogP contribution in [0.1, 0.15) is 44.6 Å². The van der Waals surface area contributed by atoms with Gasteiger partial charge in [0.2, 0.25) is 5.78 Å². The van der Waals surface area contributed by atoms with E-state index in [2.05, 4.69) is 20.9 Å². The number of nitrogens with one attached hydrogen (secondary N) is 1. The Morgan fingerprint density at radius 2 is 1.88 bits per heavy atom. The highest BCUT2D eigenvalue weighted by Gasteiger charge is 2.20. The van der Waals surface area contributed by atoms with Crippen molar-refractivity contribution >= 4 is 39.5 Å². The average Bonchev–Trinajstić information content (AvgIpc) is 2.86. The fourth-order valence-electron chi connectivity index (χ4n) is 2.58. The summed E-state index contributed by atoms with van der Waals surface area (Å²) in [6.07, 6.45) is 2.87. The Hall–Kier alpha value is -2.47. The number of hydrogen-bond acceptors (Lipinski definition) is 4. The van der Waals surface area contributed by atoms with Gasteiger partial charge < -0.3 is 9.72 Å². The second-order valence-electron chi connectivity index (χ2n) is 5.57. The highest BCUT2D eigenvalue weighted by Crippen LogP contribution is 2.19. The first kappa shape index (κ1) is 18.9. The van der Waals surface area contributed by atoms with Gasteiger partial charge in [-0.25, -0.2) is 4.79 Å². The molecule has 0 bridgehead atoms. The molecule has 1 N–H and O–H groups in total. The lowest BCUT2D eigenvalue weighted by atomic mass is 10.1. The topological polar surface area (TPSA) is 76.2 Å². The minimum atomic E-state index is -0.614. The molecule has 0 saturated heterocycles. The fraction of sp³-hybridized carbons (Fsp3) is 0.211. The molecule has 0 aliphatic carbocycles. The Labute approximate surface area is 154 Å².